The second-order valence-electron chi connectivity index (χ2n) is 4.01. The summed E-state index contributed by atoms with van der Waals surface area (Å²) in [5.41, 5.74) is 0.659. The zero-order chi connectivity index (χ0) is 13.4. The first-order chi connectivity index (χ1) is 8.65. The van der Waals surface area contributed by atoms with Crippen LogP contribution in [0, 0.1) is 17.0 Å². The fourth-order valence-corrected chi connectivity index (χ4v) is 1.44. The monoisotopic (exact) mass is 253 g/mol. The van der Waals surface area contributed by atoms with Gasteiger partial charge < -0.3 is 10.1 Å². The van der Waals surface area contributed by atoms with Gasteiger partial charge in [0, 0.05) is 31.5 Å². The Bertz CT molecular complexity index is 396. The Balaban J connectivity index is 2.38. The summed E-state index contributed by atoms with van der Waals surface area (Å²) in [6, 6.07) is 1.46. The van der Waals surface area contributed by atoms with Crippen molar-refractivity contribution in [2.24, 2.45) is 0 Å². The second kappa shape index (κ2) is 7.60. The lowest BCUT2D eigenvalue weighted by Crippen LogP contribution is -2.07. The largest absolute Gasteiger partial charge is 0.381 e. The van der Waals surface area contributed by atoms with Gasteiger partial charge in [-0.3, -0.25) is 10.1 Å². The highest BCUT2D eigenvalue weighted by Crippen LogP contribution is 2.19. The SMILES string of the molecule is CCCOCCCNc1cc([N+](=O)[O-])c(C)cn1. The summed E-state index contributed by atoms with van der Waals surface area (Å²) >= 11 is 0. The number of hydrogen-bond donors (Lipinski definition) is 1. The summed E-state index contributed by atoms with van der Waals surface area (Å²) in [5, 5.41) is 13.8. The predicted molar refractivity (Wildman–Crippen MR) is 69.8 cm³/mol. The summed E-state index contributed by atoms with van der Waals surface area (Å²) in [6.07, 6.45) is 3.37. The van der Waals surface area contributed by atoms with E-state index in [4.69, 9.17) is 4.74 Å². The highest BCUT2D eigenvalue weighted by atomic mass is 16.6. The fourth-order valence-electron chi connectivity index (χ4n) is 1.44. The van der Waals surface area contributed by atoms with Crippen molar-refractivity contribution in [3.63, 3.8) is 0 Å². The molecule has 6 nitrogen and oxygen atoms in total. The molecule has 1 aromatic rings. The molecule has 0 aliphatic rings. The third kappa shape index (κ3) is 4.67. The summed E-state index contributed by atoms with van der Waals surface area (Å²) in [5.74, 6) is 0.530. The van der Waals surface area contributed by atoms with E-state index < -0.39 is 4.92 Å². The minimum Gasteiger partial charge on any atom is -0.381 e. The molecule has 6 heteroatoms. The number of nitrogens with zero attached hydrogens (tertiary/aromatic N) is 2. The van der Waals surface area contributed by atoms with Crippen LogP contribution in [0.4, 0.5) is 11.5 Å². The minimum absolute atomic E-state index is 0.0923. The molecular weight excluding hydrogens is 234 g/mol. The van der Waals surface area contributed by atoms with Crippen LogP contribution in [0.1, 0.15) is 25.3 Å². The number of hydrogen-bond acceptors (Lipinski definition) is 5. The Labute approximate surface area is 107 Å². The van der Waals surface area contributed by atoms with E-state index in [1.54, 1.807) is 6.92 Å². The molecule has 0 radical (unpaired) electrons. The Morgan fingerprint density at radius 1 is 1.50 bits per heavy atom. The van der Waals surface area contributed by atoms with Gasteiger partial charge >= 0.3 is 0 Å². The molecule has 0 aromatic carbocycles. The molecule has 0 amide bonds. The Kier molecular flexibility index (Phi) is 6.07. The van der Waals surface area contributed by atoms with Crippen LogP contribution in [0.25, 0.3) is 0 Å². The van der Waals surface area contributed by atoms with Crippen LogP contribution in [-0.4, -0.2) is 29.7 Å². The average molecular weight is 253 g/mol. The number of nitrogens with one attached hydrogen (secondary N) is 1. The third-order valence-electron chi connectivity index (χ3n) is 2.39. The molecule has 0 bridgehead atoms. The van der Waals surface area contributed by atoms with Gasteiger partial charge in [-0.05, 0) is 19.8 Å². The Morgan fingerprint density at radius 2 is 2.28 bits per heavy atom. The normalized spacial score (nSPS) is 10.3. The average Bonchev–Trinajstić information content (AvgIpc) is 2.35. The maximum Gasteiger partial charge on any atom is 0.277 e. The number of rotatable bonds is 8. The van der Waals surface area contributed by atoms with Crippen molar-refractivity contribution in [1.82, 2.24) is 4.98 Å². The van der Waals surface area contributed by atoms with Gasteiger partial charge in [0.25, 0.3) is 5.69 Å². The second-order valence-corrected chi connectivity index (χ2v) is 4.01. The quantitative estimate of drug-likeness (QED) is 0.437. The van der Waals surface area contributed by atoms with E-state index in [2.05, 4.69) is 17.2 Å². The van der Waals surface area contributed by atoms with E-state index in [0.717, 1.165) is 19.4 Å². The molecule has 1 rings (SSSR count). The standard InChI is InChI=1S/C12H19N3O3/c1-3-6-18-7-4-5-13-12-8-11(15(16)17)10(2)9-14-12/h8-9H,3-7H2,1-2H3,(H,13,14). The highest BCUT2D eigenvalue weighted by Gasteiger charge is 2.11. The molecule has 0 unspecified atom stereocenters. The summed E-state index contributed by atoms with van der Waals surface area (Å²) < 4.78 is 5.33. The van der Waals surface area contributed by atoms with Crippen molar-refractivity contribution < 1.29 is 9.66 Å². The topological polar surface area (TPSA) is 77.3 Å². The first-order valence-electron chi connectivity index (χ1n) is 6.07. The van der Waals surface area contributed by atoms with Crippen LogP contribution in [-0.2, 0) is 4.74 Å². The van der Waals surface area contributed by atoms with Crippen LogP contribution in [0.2, 0.25) is 0 Å². The number of aromatic nitrogens is 1. The number of aryl methyl sites for hydroxylation is 1. The van der Waals surface area contributed by atoms with Gasteiger partial charge in [-0.15, -0.1) is 0 Å². The van der Waals surface area contributed by atoms with Gasteiger partial charge in [0.2, 0.25) is 0 Å². The lowest BCUT2D eigenvalue weighted by atomic mass is 10.2. The molecule has 1 aromatic heterocycles. The third-order valence-corrected chi connectivity index (χ3v) is 2.39. The van der Waals surface area contributed by atoms with Crippen molar-refractivity contribution in [2.45, 2.75) is 26.7 Å². The molecule has 0 saturated heterocycles. The molecule has 100 valence electrons. The van der Waals surface area contributed by atoms with Crippen molar-refractivity contribution >= 4 is 11.5 Å². The molecule has 0 aliphatic carbocycles. The number of anilines is 1. The maximum atomic E-state index is 10.8. The van der Waals surface area contributed by atoms with Crippen LogP contribution in [0.15, 0.2) is 12.3 Å². The van der Waals surface area contributed by atoms with Gasteiger partial charge in [0.05, 0.1) is 11.0 Å². The number of nitro groups is 1. The first-order valence-corrected chi connectivity index (χ1v) is 6.07. The molecular formula is C12H19N3O3. The summed E-state index contributed by atoms with van der Waals surface area (Å²) in [7, 11) is 0. The van der Waals surface area contributed by atoms with Crippen LogP contribution in [0.5, 0.6) is 0 Å². The van der Waals surface area contributed by atoms with Crippen LogP contribution in [0.3, 0.4) is 0 Å². The molecule has 0 fully saturated rings. The zero-order valence-corrected chi connectivity index (χ0v) is 10.8. The molecule has 0 atom stereocenters. The molecule has 0 spiro atoms. The van der Waals surface area contributed by atoms with Crippen molar-refractivity contribution in [3.8, 4) is 0 Å². The lowest BCUT2D eigenvalue weighted by molar-refractivity contribution is -0.385. The maximum absolute atomic E-state index is 10.8. The lowest BCUT2D eigenvalue weighted by Gasteiger charge is -2.06. The highest BCUT2D eigenvalue weighted by molar-refractivity contribution is 5.48. The van der Waals surface area contributed by atoms with Gasteiger partial charge in [-0.25, -0.2) is 4.98 Å². The summed E-state index contributed by atoms with van der Waals surface area (Å²) in [6.45, 7) is 5.89. The molecule has 0 saturated carbocycles. The van der Waals surface area contributed by atoms with E-state index in [-0.39, 0.29) is 5.69 Å². The van der Waals surface area contributed by atoms with Crippen molar-refractivity contribution in [3.05, 3.63) is 27.9 Å². The van der Waals surface area contributed by atoms with E-state index in [9.17, 15) is 10.1 Å². The van der Waals surface area contributed by atoms with Crippen LogP contribution < -0.4 is 5.32 Å². The molecule has 1 heterocycles. The van der Waals surface area contributed by atoms with E-state index in [0.29, 0.717) is 24.5 Å². The van der Waals surface area contributed by atoms with Crippen LogP contribution >= 0.6 is 0 Å². The van der Waals surface area contributed by atoms with E-state index >= 15 is 0 Å². The van der Waals surface area contributed by atoms with Crippen molar-refractivity contribution in [1.29, 1.82) is 0 Å². The molecule has 0 aliphatic heterocycles. The smallest absolute Gasteiger partial charge is 0.277 e. The Morgan fingerprint density at radius 3 is 2.94 bits per heavy atom. The number of pyridine rings is 1. The predicted octanol–water partition coefficient (Wildman–Crippen LogP) is 2.53. The van der Waals surface area contributed by atoms with Gasteiger partial charge in [0.1, 0.15) is 5.82 Å². The van der Waals surface area contributed by atoms with Crippen molar-refractivity contribution in [2.75, 3.05) is 25.1 Å². The zero-order valence-electron chi connectivity index (χ0n) is 10.8. The van der Waals surface area contributed by atoms with Gasteiger partial charge in [-0.1, -0.05) is 6.92 Å². The fraction of sp³-hybridized carbons (Fsp3) is 0.583. The number of ether oxygens (including phenoxy) is 1. The van der Waals surface area contributed by atoms with Gasteiger partial charge in [-0.2, -0.15) is 0 Å². The Hall–Kier alpha value is -1.69. The first kappa shape index (κ1) is 14.4. The van der Waals surface area contributed by atoms with E-state index in [1.807, 2.05) is 0 Å². The van der Waals surface area contributed by atoms with E-state index in [1.165, 1.54) is 12.3 Å². The van der Waals surface area contributed by atoms with Gasteiger partial charge in [0.15, 0.2) is 0 Å². The summed E-state index contributed by atoms with van der Waals surface area (Å²) in [4.78, 5) is 14.5. The molecule has 1 N–H and O–H groups in total. The minimum atomic E-state index is -0.396. The molecule has 18 heavy (non-hydrogen) atoms.